The summed E-state index contributed by atoms with van der Waals surface area (Å²) < 4.78 is 16.6. The van der Waals surface area contributed by atoms with Crippen LogP contribution in [0.4, 0.5) is 4.79 Å². The third-order valence-electron chi connectivity index (χ3n) is 5.51. The standard InChI is InChI=1S/C25H25NO10/c1-25(2,3)36-24(33)26-8-4-5-14(26)23(32)35-22-20(31)19-17(30)10-13(27)11-18(19)34-21(22)12-6-7-15(28)16(29)9-12/h6-7,9-11,14,27-30H,4-5,8H2,1-3H3/t14-/m0/s1. The first-order valence-corrected chi connectivity index (χ1v) is 11.1. The number of hydrogen-bond donors (Lipinski definition) is 4. The highest BCUT2D eigenvalue weighted by atomic mass is 16.6. The summed E-state index contributed by atoms with van der Waals surface area (Å²) in [4.78, 5) is 40.4. The van der Waals surface area contributed by atoms with E-state index in [9.17, 15) is 34.8 Å². The molecule has 0 spiro atoms. The van der Waals surface area contributed by atoms with Gasteiger partial charge in [-0.3, -0.25) is 9.69 Å². The Kier molecular flexibility index (Phi) is 6.17. The molecule has 1 aliphatic heterocycles. The third-order valence-corrected chi connectivity index (χ3v) is 5.51. The molecule has 0 bridgehead atoms. The second kappa shape index (κ2) is 8.99. The van der Waals surface area contributed by atoms with Crippen LogP contribution in [0.2, 0.25) is 0 Å². The van der Waals surface area contributed by atoms with Gasteiger partial charge < -0.3 is 34.3 Å². The number of esters is 1. The highest BCUT2D eigenvalue weighted by Crippen LogP contribution is 2.38. The lowest BCUT2D eigenvalue weighted by Gasteiger charge is -2.27. The normalized spacial score (nSPS) is 15.8. The lowest BCUT2D eigenvalue weighted by Crippen LogP contribution is -2.45. The summed E-state index contributed by atoms with van der Waals surface area (Å²) in [7, 11) is 0. The van der Waals surface area contributed by atoms with E-state index in [4.69, 9.17) is 13.9 Å². The second-order valence-electron chi connectivity index (χ2n) is 9.38. The molecule has 1 aliphatic rings. The van der Waals surface area contributed by atoms with E-state index in [0.717, 1.165) is 24.3 Å². The number of hydrogen-bond acceptors (Lipinski definition) is 10. The Morgan fingerprint density at radius 1 is 1.03 bits per heavy atom. The van der Waals surface area contributed by atoms with Gasteiger partial charge in [-0.1, -0.05) is 0 Å². The van der Waals surface area contributed by atoms with Gasteiger partial charge in [0.05, 0.1) is 0 Å². The van der Waals surface area contributed by atoms with Crippen molar-refractivity contribution >= 4 is 23.0 Å². The SMILES string of the molecule is CC(C)(C)OC(=O)N1CCC[C@H]1C(=O)Oc1c(-c2ccc(O)c(O)c2)oc2cc(O)cc(O)c2c1=O. The largest absolute Gasteiger partial charge is 0.508 e. The molecule has 2 heterocycles. The Morgan fingerprint density at radius 2 is 1.75 bits per heavy atom. The molecule has 190 valence electrons. The molecule has 0 unspecified atom stereocenters. The highest BCUT2D eigenvalue weighted by Gasteiger charge is 2.39. The molecule has 1 aromatic heterocycles. The van der Waals surface area contributed by atoms with Crippen LogP contribution in [0.25, 0.3) is 22.3 Å². The van der Waals surface area contributed by atoms with Crippen LogP contribution in [0.15, 0.2) is 39.5 Å². The van der Waals surface area contributed by atoms with Gasteiger partial charge in [-0.25, -0.2) is 9.59 Å². The maximum absolute atomic E-state index is 13.4. The topological polar surface area (TPSA) is 167 Å². The zero-order valence-corrected chi connectivity index (χ0v) is 19.8. The van der Waals surface area contributed by atoms with Gasteiger partial charge in [0.25, 0.3) is 0 Å². The van der Waals surface area contributed by atoms with E-state index in [0.29, 0.717) is 6.42 Å². The molecule has 1 fully saturated rings. The van der Waals surface area contributed by atoms with Gasteiger partial charge in [-0.15, -0.1) is 0 Å². The lowest BCUT2D eigenvalue weighted by molar-refractivity contribution is -0.139. The summed E-state index contributed by atoms with van der Waals surface area (Å²) in [5.74, 6) is -3.78. The lowest BCUT2D eigenvalue weighted by atomic mass is 10.1. The van der Waals surface area contributed by atoms with Crippen molar-refractivity contribution in [2.75, 3.05) is 6.54 Å². The number of aromatic hydroxyl groups is 4. The first kappa shape index (κ1) is 24.7. The van der Waals surface area contributed by atoms with Gasteiger partial charge in [0.15, 0.2) is 17.3 Å². The maximum atomic E-state index is 13.4. The zero-order valence-electron chi connectivity index (χ0n) is 19.8. The Morgan fingerprint density at radius 3 is 2.42 bits per heavy atom. The number of nitrogens with zero attached hydrogens (tertiary/aromatic N) is 1. The van der Waals surface area contributed by atoms with Gasteiger partial charge in [0, 0.05) is 24.2 Å². The molecule has 11 heteroatoms. The maximum Gasteiger partial charge on any atom is 0.411 e. The smallest absolute Gasteiger partial charge is 0.411 e. The summed E-state index contributed by atoms with van der Waals surface area (Å²) >= 11 is 0. The number of carbonyl (C=O) groups excluding carboxylic acids is 2. The number of likely N-dealkylation sites (tertiary alicyclic amines) is 1. The van der Waals surface area contributed by atoms with Crippen LogP contribution >= 0.6 is 0 Å². The summed E-state index contributed by atoms with van der Waals surface area (Å²) in [5, 5.41) is 39.4. The number of ether oxygens (including phenoxy) is 2. The van der Waals surface area contributed by atoms with E-state index in [1.807, 2.05) is 0 Å². The van der Waals surface area contributed by atoms with E-state index in [-0.39, 0.29) is 41.0 Å². The number of phenols is 4. The molecule has 3 aromatic rings. The molecule has 1 saturated heterocycles. The summed E-state index contributed by atoms with van der Waals surface area (Å²) in [6.45, 7) is 5.33. The minimum atomic E-state index is -1.04. The Labute approximate surface area is 204 Å². The number of carbonyl (C=O) groups is 2. The summed E-state index contributed by atoms with van der Waals surface area (Å²) in [5.41, 5.74) is -1.86. The van der Waals surface area contributed by atoms with Crippen molar-refractivity contribution in [1.82, 2.24) is 4.90 Å². The van der Waals surface area contributed by atoms with Crippen molar-refractivity contribution in [2.45, 2.75) is 45.3 Å². The Balaban J connectivity index is 1.80. The molecule has 0 radical (unpaired) electrons. The first-order chi connectivity index (χ1) is 16.9. The van der Waals surface area contributed by atoms with Crippen LogP contribution in [-0.2, 0) is 9.53 Å². The van der Waals surface area contributed by atoms with Gasteiger partial charge >= 0.3 is 12.1 Å². The van der Waals surface area contributed by atoms with Gasteiger partial charge in [0.2, 0.25) is 11.2 Å². The quantitative estimate of drug-likeness (QED) is 0.309. The predicted molar refractivity (Wildman–Crippen MR) is 126 cm³/mol. The monoisotopic (exact) mass is 499 g/mol. The van der Waals surface area contributed by atoms with Crippen molar-refractivity contribution in [1.29, 1.82) is 0 Å². The Bertz CT molecular complexity index is 1420. The number of amides is 1. The molecule has 4 rings (SSSR count). The Hall–Kier alpha value is -4.41. The van der Waals surface area contributed by atoms with Crippen LogP contribution in [0, 0.1) is 0 Å². The number of phenolic OH excluding ortho intramolecular Hbond substituents is 4. The second-order valence-corrected chi connectivity index (χ2v) is 9.38. The van der Waals surface area contributed by atoms with Crippen LogP contribution in [0.3, 0.4) is 0 Å². The predicted octanol–water partition coefficient (Wildman–Crippen LogP) is 3.59. The molecule has 0 saturated carbocycles. The summed E-state index contributed by atoms with van der Waals surface area (Å²) in [6, 6.07) is 4.51. The van der Waals surface area contributed by atoms with E-state index in [1.165, 1.54) is 11.0 Å². The third kappa shape index (κ3) is 4.72. The van der Waals surface area contributed by atoms with Crippen molar-refractivity contribution < 1.29 is 43.9 Å². The van der Waals surface area contributed by atoms with Gasteiger partial charge in [-0.05, 0) is 51.8 Å². The number of benzene rings is 2. The van der Waals surface area contributed by atoms with Crippen molar-refractivity contribution in [3.63, 3.8) is 0 Å². The fraction of sp³-hybridized carbons (Fsp3) is 0.320. The van der Waals surface area contributed by atoms with E-state index in [1.54, 1.807) is 20.8 Å². The van der Waals surface area contributed by atoms with Crippen molar-refractivity contribution in [3.05, 3.63) is 40.6 Å². The molecule has 4 N–H and O–H groups in total. The molecular weight excluding hydrogens is 474 g/mol. The van der Waals surface area contributed by atoms with Gasteiger partial charge in [0.1, 0.15) is 34.1 Å². The minimum Gasteiger partial charge on any atom is -0.508 e. The average Bonchev–Trinajstić information content (AvgIpc) is 3.26. The van der Waals surface area contributed by atoms with Crippen LogP contribution in [0.1, 0.15) is 33.6 Å². The molecular formula is C25H25NO10. The van der Waals surface area contributed by atoms with E-state index < -0.39 is 52.1 Å². The van der Waals surface area contributed by atoms with Gasteiger partial charge in [-0.2, -0.15) is 0 Å². The van der Waals surface area contributed by atoms with E-state index in [2.05, 4.69) is 0 Å². The van der Waals surface area contributed by atoms with Crippen molar-refractivity contribution in [2.24, 2.45) is 0 Å². The average molecular weight is 499 g/mol. The van der Waals surface area contributed by atoms with Crippen LogP contribution in [0.5, 0.6) is 28.7 Å². The highest BCUT2D eigenvalue weighted by molar-refractivity contribution is 5.90. The first-order valence-electron chi connectivity index (χ1n) is 11.1. The molecule has 0 aliphatic carbocycles. The molecule has 1 atom stereocenters. The number of rotatable bonds is 3. The molecule has 11 nitrogen and oxygen atoms in total. The fourth-order valence-corrected chi connectivity index (χ4v) is 3.94. The molecule has 2 aromatic carbocycles. The molecule has 36 heavy (non-hydrogen) atoms. The summed E-state index contributed by atoms with van der Waals surface area (Å²) in [6.07, 6.45) is 0.0690. The van der Waals surface area contributed by atoms with Crippen molar-refractivity contribution in [3.8, 4) is 40.1 Å². The fourth-order valence-electron chi connectivity index (χ4n) is 3.94. The van der Waals surface area contributed by atoms with Crippen LogP contribution in [-0.4, -0.2) is 55.6 Å². The number of fused-ring (bicyclic) bond motifs is 1. The minimum absolute atomic E-state index is 0.0605. The van der Waals surface area contributed by atoms with E-state index >= 15 is 0 Å². The van der Waals surface area contributed by atoms with Crippen LogP contribution < -0.4 is 10.2 Å². The molecule has 1 amide bonds. The zero-order chi connectivity index (χ0) is 26.4.